The molecule has 0 unspecified atom stereocenters. The molecule has 0 aliphatic carbocycles. The Labute approximate surface area is 150 Å². The molecule has 1 aromatic rings. The molecule has 7 heteroatoms. The van der Waals surface area contributed by atoms with Gasteiger partial charge in [0.25, 0.3) is 0 Å². The molecular weight excluding hydrogens is 340 g/mol. The molecule has 0 radical (unpaired) electrons. The molecular formula is C18H28N2O4S. The number of hydrogen-bond acceptors (Lipinski definition) is 4. The van der Waals surface area contributed by atoms with Crippen LogP contribution in [-0.2, 0) is 14.8 Å². The molecule has 25 heavy (non-hydrogen) atoms. The summed E-state index contributed by atoms with van der Waals surface area (Å²) in [7, 11) is -2.26. The third-order valence-electron chi connectivity index (χ3n) is 4.22. The van der Waals surface area contributed by atoms with E-state index in [2.05, 4.69) is 25.5 Å². The molecule has 6 nitrogen and oxygen atoms in total. The van der Waals surface area contributed by atoms with Gasteiger partial charge in [0.2, 0.25) is 15.9 Å². The number of hydrogen-bond donors (Lipinski definition) is 1. The van der Waals surface area contributed by atoms with Crippen LogP contribution in [0.5, 0.6) is 5.75 Å². The van der Waals surface area contributed by atoms with Gasteiger partial charge in [0.1, 0.15) is 10.6 Å². The number of rotatable bonds is 7. The topological polar surface area (TPSA) is 75.7 Å². The van der Waals surface area contributed by atoms with Crippen molar-refractivity contribution < 1.29 is 17.9 Å². The number of carbonyl (C=O) groups excluding carboxylic acids is 1. The minimum Gasteiger partial charge on any atom is -0.495 e. The third kappa shape index (κ3) is 5.19. The van der Waals surface area contributed by atoms with Crippen LogP contribution in [0.4, 0.5) is 5.69 Å². The minimum absolute atomic E-state index is 0.0200. The number of nitrogens with one attached hydrogen (secondary N) is 1. The molecule has 1 saturated heterocycles. The van der Waals surface area contributed by atoms with Gasteiger partial charge >= 0.3 is 0 Å². The Bertz CT molecular complexity index is 723. The number of amides is 1. The largest absolute Gasteiger partial charge is 0.495 e. The average molecular weight is 368 g/mol. The first-order valence-corrected chi connectivity index (χ1v) is 10.1. The molecule has 2 rings (SSSR count). The molecule has 0 saturated carbocycles. The minimum atomic E-state index is -3.70. The van der Waals surface area contributed by atoms with E-state index in [0.717, 1.165) is 19.3 Å². The van der Waals surface area contributed by atoms with Crippen LogP contribution in [0.2, 0.25) is 0 Å². The Balaban J connectivity index is 2.18. The van der Waals surface area contributed by atoms with Crippen LogP contribution in [0.1, 0.15) is 46.5 Å². The molecule has 0 bridgehead atoms. The van der Waals surface area contributed by atoms with E-state index >= 15 is 0 Å². The molecule has 1 aliphatic rings. The summed E-state index contributed by atoms with van der Waals surface area (Å²) in [4.78, 5) is 13.6. The predicted molar refractivity (Wildman–Crippen MR) is 98.5 cm³/mol. The van der Waals surface area contributed by atoms with Crippen molar-refractivity contribution in [1.82, 2.24) is 4.72 Å². The summed E-state index contributed by atoms with van der Waals surface area (Å²) in [6.45, 7) is 7.36. The fourth-order valence-corrected chi connectivity index (χ4v) is 4.13. The van der Waals surface area contributed by atoms with E-state index in [9.17, 15) is 13.2 Å². The van der Waals surface area contributed by atoms with Crippen LogP contribution in [0, 0.1) is 5.41 Å². The van der Waals surface area contributed by atoms with Gasteiger partial charge in [-0.3, -0.25) is 4.79 Å². The Kier molecular flexibility index (Phi) is 6.11. The maximum Gasteiger partial charge on any atom is 0.244 e. The summed E-state index contributed by atoms with van der Waals surface area (Å²) >= 11 is 0. The van der Waals surface area contributed by atoms with Gasteiger partial charge in [0, 0.05) is 25.2 Å². The molecule has 0 atom stereocenters. The van der Waals surface area contributed by atoms with Gasteiger partial charge in [0.15, 0.2) is 0 Å². The summed E-state index contributed by atoms with van der Waals surface area (Å²) in [5.41, 5.74) is 0.762. The zero-order valence-corrected chi connectivity index (χ0v) is 16.3. The van der Waals surface area contributed by atoms with Crippen molar-refractivity contribution in [2.45, 2.75) is 51.3 Å². The SMILES string of the molecule is COc1ccc(N2CCCC2=O)cc1S(=O)(=O)NCCCC(C)(C)C. The second-order valence-corrected chi connectivity index (χ2v) is 9.28. The first-order chi connectivity index (χ1) is 11.6. The Morgan fingerprint density at radius 3 is 2.56 bits per heavy atom. The second-order valence-electron chi connectivity index (χ2n) is 7.55. The molecule has 1 amide bonds. The van der Waals surface area contributed by atoms with Crippen LogP contribution in [-0.4, -0.2) is 34.5 Å². The highest BCUT2D eigenvalue weighted by atomic mass is 32.2. The molecule has 140 valence electrons. The van der Waals surface area contributed by atoms with E-state index in [1.54, 1.807) is 17.0 Å². The van der Waals surface area contributed by atoms with Crippen molar-refractivity contribution in [2.24, 2.45) is 5.41 Å². The molecule has 1 aromatic carbocycles. The van der Waals surface area contributed by atoms with Crippen molar-refractivity contribution in [3.05, 3.63) is 18.2 Å². The van der Waals surface area contributed by atoms with Crippen LogP contribution in [0.15, 0.2) is 23.1 Å². The monoisotopic (exact) mass is 368 g/mol. The third-order valence-corrected chi connectivity index (χ3v) is 5.70. The Hall–Kier alpha value is -1.60. The highest BCUT2D eigenvalue weighted by Crippen LogP contribution is 2.31. The molecule has 1 fully saturated rings. The zero-order valence-electron chi connectivity index (χ0n) is 15.5. The summed E-state index contributed by atoms with van der Waals surface area (Å²) < 4.78 is 33.2. The Morgan fingerprint density at radius 2 is 2.00 bits per heavy atom. The number of methoxy groups -OCH3 is 1. The number of sulfonamides is 1. The molecule has 0 aromatic heterocycles. The van der Waals surface area contributed by atoms with Crippen molar-refractivity contribution in [3.63, 3.8) is 0 Å². The molecule has 1 N–H and O–H groups in total. The average Bonchev–Trinajstić information content (AvgIpc) is 2.96. The fourth-order valence-electron chi connectivity index (χ4n) is 2.87. The standard InChI is InChI=1S/C18H28N2O4S/c1-18(2,3)10-6-11-19-25(22,23)16-13-14(8-9-15(16)24-4)20-12-5-7-17(20)21/h8-9,13,19H,5-7,10-12H2,1-4H3. The van der Waals surface area contributed by atoms with Crippen LogP contribution in [0.25, 0.3) is 0 Å². The van der Waals surface area contributed by atoms with Crippen LogP contribution in [0.3, 0.4) is 0 Å². The molecule has 1 aliphatic heterocycles. The predicted octanol–water partition coefficient (Wildman–Crippen LogP) is 2.93. The van der Waals surface area contributed by atoms with E-state index in [1.807, 2.05) is 0 Å². The smallest absolute Gasteiger partial charge is 0.244 e. The van der Waals surface area contributed by atoms with E-state index < -0.39 is 10.0 Å². The van der Waals surface area contributed by atoms with Gasteiger partial charge in [-0.05, 0) is 42.9 Å². The lowest BCUT2D eigenvalue weighted by Crippen LogP contribution is -2.27. The van der Waals surface area contributed by atoms with E-state index in [0.29, 0.717) is 25.2 Å². The fraction of sp³-hybridized carbons (Fsp3) is 0.611. The lowest BCUT2D eigenvalue weighted by atomic mass is 9.91. The normalized spacial score (nSPS) is 15.7. The van der Waals surface area contributed by atoms with Gasteiger partial charge in [0.05, 0.1) is 7.11 Å². The molecule has 1 heterocycles. The quantitative estimate of drug-likeness (QED) is 0.751. The number of carbonyl (C=O) groups is 1. The van der Waals surface area contributed by atoms with Gasteiger partial charge in [-0.15, -0.1) is 0 Å². The summed E-state index contributed by atoms with van der Waals surface area (Å²) in [5.74, 6) is 0.297. The summed E-state index contributed by atoms with van der Waals surface area (Å²) in [6, 6.07) is 4.85. The number of ether oxygens (including phenoxy) is 1. The van der Waals surface area contributed by atoms with Crippen LogP contribution < -0.4 is 14.4 Å². The lowest BCUT2D eigenvalue weighted by molar-refractivity contribution is -0.117. The van der Waals surface area contributed by atoms with Gasteiger partial charge in [-0.2, -0.15) is 0 Å². The second kappa shape index (κ2) is 7.74. The van der Waals surface area contributed by atoms with Crippen molar-refractivity contribution in [3.8, 4) is 5.75 Å². The maximum atomic E-state index is 12.7. The van der Waals surface area contributed by atoms with E-state index in [-0.39, 0.29) is 22.0 Å². The van der Waals surface area contributed by atoms with E-state index in [4.69, 9.17) is 4.74 Å². The number of anilines is 1. The maximum absolute atomic E-state index is 12.7. The van der Waals surface area contributed by atoms with Gasteiger partial charge in [-0.25, -0.2) is 13.1 Å². The van der Waals surface area contributed by atoms with Gasteiger partial charge in [-0.1, -0.05) is 20.8 Å². The van der Waals surface area contributed by atoms with Crippen molar-refractivity contribution in [1.29, 1.82) is 0 Å². The van der Waals surface area contributed by atoms with E-state index in [1.165, 1.54) is 13.2 Å². The number of nitrogens with zero attached hydrogens (tertiary/aromatic N) is 1. The first-order valence-electron chi connectivity index (χ1n) is 8.62. The first kappa shape index (κ1) is 19.7. The van der Waals surface area contributed by atoms with Crippen molar-refractivity contribution >= 4 is 21.6 Å². The summed E-state index contributed by atoms with van der Waals surface area (Å²) in [5, 5.41) is 0. The summed E-state index contributed by atoms with van der Waals surface area (Å²) in [6.07, 6.45) is 2.97. The highest BCUT2D eigenvalue weighted by Gasteiger charge is 2.26. The Morgan fingerprint density at radius 1 is 1.28 bits per heavy atom. The zero-order chi connectivity index (χ0) is 18.7. The van der Waals surface area contributed by atoms with Crippen molar-refractivity contribution in [2.75, 3.05) is 25.1 Å². The van der Waals surface area contributed by atoms with Gasteiger partial charge < -0.3 is 9.64 Å². The molecule has 0 spiro atoms. The van der Waals surface area contributed by atoms with Crippen LogP contribution >= 0.6 is 0 Å². The highest BCUT2D eigenvalue weighted by molar-refractivity contribution is 7.89. The lowest BCUT2D eigenvalue weighted by Gasteiger charge is -2.19. The number of benzene rings is 1.